The van der Waals surface area contributed by atoms with Crippen molar-refractivity contribution in [1.29, 1.82) is 5.26 Å². The smallest absolute Gasteiger partial charge is 0.328 e. The number of carbonyl (C=O) groups is 1. The summed E-state index contributed by atoms with van der Waals surface area (Å²) in [5.74, 6) is -0.969. The molecule has 0 aliphatic carbocycles. The van der Waals surface area contributed by atoms with Crippen molar-refractivity contribution in [3.05, 3.63) is 29.6 Å². The van der Waals surface area contributed by atoms with Gasteiger partial charge in [-0.3, -0.25) is 0 Å². The van der Waals surface area contributed by atoms with Gasteiger partial charge in [0.1, 0.15) is 11.9 Å². The molecule has 0 aliphatic heterocycles. The van der Waals surface area contributed by atoms with E-state index in [0.29, 0.717) is 5.69 Å². The van der Waals surface area contributed by atoms with Crippen LogP contribution in [0.5, 0.6) is 0 Å². The van der Waals surface area contributed by atoms with E-state index in [0.717, 1.165) is 6.07 Å². The molecule has 4 nitrogen and oxygen atoms in total. The van der Waals surface area contributed by atoms with Crippen LogP contribution >= 0.6 is 0 Å². The lowest BCUT2D eigenvalue weighted by atomic mass is 10.0. The SMILES string of the molecule is COC(=O)C(Nc1cc(F)cc(C#N)c1)C(C)C. The van der Waals surface area contributed by atoms with Crippen LogP contribution < -0.4 is 5.32 Å². The molecular formula is C13H15FN2O2. The first-order valence-electron chi connectivity index (χ1n) is 5.53. The van der Waals surface area contributed by atoms with Gasteiger partial charge >= 0.3 is 5.97 Å². The molecule has 1 aromatic rings. The van der Waals surface area contributed by atoms with Crippen molar-refractivity contribution in [3.8, 4) is 6.07 Å². The van der Waals surface area contributed by atoms with Crippen LogP contribution in [0.4, 0.5) is 10.1 Å². The minimum absolute atomic E-state index is 0.0220. The van der Waals surface area contributed by atoms with Crippen molar-refractivity contribution in [2.45, 2.75) is 19.9 Å². The number of hydrogen-bond donors (Lipinski definition) is 1. The van der Waals surface area contributed by atoms with Gasteiger partial charge in [-0.15, -0.1) is 0 Å². The molecule has 0 saturated carbocycles. The highest BCUT2D eigenvalue weighted by Crippen LogP contribution is 2.17. The van der Waals surface area contributed by atoms with E-state index in [1.807, 2.05) is 19.9 Å². The lowest BCUT2D eigenvalue weighted by Gasteiger charge is -2.21. The molecule has 1 atom stereocenters. The first-order valence-corrected chi connectivity index (χ1v) is 5.53. The number of carbonyl (C=O) groups excluding carboxylic acids is 1. The van der Waals surface area contributed by atoms with Crippen LogP contribution in [0.2, 0.25) is 0 Å². The lowest BCUT2D eigenvalue weighted by molar-refractivity contribution is -0.142. The summed E-state index contributed by atoms with van der Waals surface area (Å²) in [6.07, 6.45) is 0. The molecule has 0 bridgehead atoms. The number of nitriles is 1. The molecule has 1 rings (SSSR count). The molecule has 96 valence electrons. The number of halogens is 1. The number of esters is 1. The first-order chi connectivity index (χ1) is 8.47. The van der Waals surface area contributed by atoms with Gasteiger partial charge in [0.2, 0.25) is 0 Å². The lowest BCUT2D eigenvalue weighted by Crippen LogP contribution is -2.35. The molecular weight excluding hydrogens is 235 g/mol. The van der Waals surface area contributed by atoms with Gasteiger partial charge in [-0.25, -0.2) is 9.18 Å². The van der Waals surface area contributed by atoms with E-state index in [2.05, 4.69) is 10.1 Å². The zero-order valence-corrected chi connectivity index (χ0v) is 10.5. The maximum atomic E-state index is 13.2. The maximum absolute atomic E-state index is 13.2. The summed E-state index contributed by atoms with van der Waals surface area (Å²) in [5, 5.41) is 11.6. The highest BCUT2D eigenvalue weighted by molar-refractivity contribution is 5.79. The molecule has 1 aromatic carbocycles. The van der Waals surface area contributed by atoms with Crippen LogP contribution in [0.15, 0.2) is 18.2 Å². The van der Waals surface area contributed by atoms with Gasteiger partial charge in [-0.1, -0.05) is 13.8 Å². The van der Waals surface area contributed by atoms with E-state index >= 15 is 0 Å². The fourth-order valence-corrected chi connectivity index (χ4v) is 1.54. The van der Waals surface area contributed by atoms with Crippen LogP contribution in [-0.4, -0.2) is 19.1 Å². The van der Waals surface area contributed by atoms with Crippen LogP contribution in [0.1, 0.15) is 19.4 Å². The standard InChI is InChI=1S/C13H15FN2O2/c1-8(2)12(13(17)18-3)16-11-5-9(7-15)4-10(14)6-11/h4-6,8,12,16H,1-3H3. The van der Waals surface area contributed by atoms with Gasteiger partial charge in [0, 0.05) is 5.69 Å². The third-order valence-corrected chi connectivity index (χ3v) is 2.47. The number of anilines is 1. The largest absolute Gasteiger partial charge is 0.467 e. The summed E-state index contributed by atoms with van der Waals surface area (Å²) in [4.78, 5) is 11.6. The van der Waals surface area contributed by atoms with Gasteiger partial charge < -0.3 is 10.1 Å². The number of ether oxygens (including phenoxy) is 1. The fourth-order valence-electron chi connectivity index (χ4n) is 1.54. The highest BCUT2D eigenvalue weighted by atomic mass is 19.1. The zero-order chi connectivity index (χ0) is 13.7. The number of rotatable bonds is 4. The summed E-state index contributed by atoms with van der Waals surface area (Å²) < 4.78 is 17.9. The summed E-state index contributed by atoms with van der Waals surface area (Å²) in [5.41, 5.74) is 0.584. The number of nitrogens with one attached hydrogen (secondary N) is 1. The van der Waals surface area contributed by atoms with Crippen molar-refractivity contribution in [1.82, 2.24) is 0 Å². The second-order valence-electron chi connectivity index (χ2n) is 4.23. The molecule has 0 spiro atoms. The number of benzene rings is 1. The van der Waals surface area contributed by atoms with Crippen molar-refractivity contribution in [2.24, 2.45) is 5.92 Å². The Kier molecular flexibility index (Phi) is 4.67. The molecule has 0 heterocycles. The first kappa shape index (κ1) is 14.0. The molecule has 0 aromatic heterocycles. The van der Waals surface area contributed by atoms with Gasteiger partial charge in [-0.2, -0.15) is 5.26 Å². The van der Waals surface area contributed by atoms with E-state index in [4.69, 9.17) is 5.26 Å². The topological polar surface area (TPSA) is 62.1 Å². The predicted molar refractivity (Wildman–Crippen MR) is 65.4 cm³/mol. The molecule has 1 N–H and O–H groups in total. The van der Waals surface area contributed by atoms with E-state index in [1.165, 1.54) is 19.2 Å². The fraction of sp³-hybridized carbons (Fsp3) is 0.385. The highest BCUT2D eigenvalue weighted by Gasteiger charge is 2.22. The van der Waals surface area contributed by atoms with Gasteiger partial charge in [0.05, 0.1) is 18.7 Å². The van der Waals surface area contributed by atoms with Crippen molar-refractivity contribution in [2.75, 3.05) is 12.4 Å². The van der Waals surface area contributed by atoms with Gasteiger partial charge in [0.25, 0.3) is 0 Å². The Labute approximate surface area is 105 Å². The predicted octanol–water partition coefficient (Wildman–Crippen LogP) is 2.31. The Balaban J connectivity index is 2.98. The van der Waals surface area contributed by atoms with Crippen molar-refractivity contribution in [3.63, 3.8) is 0 Å². The summed E-state index contributed by atoms with van der Waals surface area (Å²) in [7, 11) is 1.30. The Bertz CT molecular complexity index is 480. The van der Waals surface area contributed by atoms with E-state index in [-0.39, 0.29) is 11.5 Å². The second kappa shape index (κ2) is 6.01. The summed E-state index contributed by atoms with van der Waals surface area (Å²) >= 11 is 0. The minimum Gasteiger partial charge on any atom is -0.467 e. The molecule has 18 heavy (non-hydrogen) atoms. The van der Waals surface area contributed by atoms with E-state index < -0.39 is 17.8 Å². The number of methoxy groups -OCH3 is 1. The summed E-state index contributed by atoms with van der Waals surface area (Å²) in [6, 6.07) is 5.13. The Morgan fingerprint density at radius 1 is 1.44 bits per heavy atom. The van der Waals surface area contributed by atoms with Crippen LogP contribution in [0.3, 0.4) is 0 Å². The molecule has 1 unspecified atom stereocenters. The van der Waals surface area contributed by atoms with Crippen molar-refractivity contribution < 1.29 is 13.9 Å². The van der Waals surface area contributed by atoms with E-state index in [1.54, 1.807) is 0 Å². The van der Waals surface area contributed by atoms with Gasteiger partial charge in [0.15, 0.2) is 0 Å². The van der Waals surface area contributed by atoms with Crippen LogP contribution in [0, 0.1) is 23.1 Å². The monoisotopic (exact) mass is 250 g/mol. The number of nitrogens with zero attached hydrogens (tertiary/aromatic N) is 1. The Morgan fingerprint density at radius 2 is 2.11 bits per heavy atom. The zero-order valence-electron chi connectivity index (χ0n) is 10.5. The average molecular weight is 250 g/mol. The Hall–Kier alpha value is -2.09. The molecule has 5 heteroatoms. The second-order valence-corrected chi connectivity index (χ2v) is 4.23. The van der Waals surface area contributed by atoms with Crippen LogP contribution in [-0.2, 0) is 9.53 Å². The van der Waals surface area contributed by atoms with Gasteiger partial charge in [-0.05, 0) is 24.1 Å². The third-order valence-electron chi connectivity index (χ3n) is 2.47. The van der Waals surface area contributed by atoms with Crippen molar-refractivity contribution >= 4 is 11.7 Å². The molecule has 0 amide bonds. The molecule has 0 fully saturated rings. The summed E-state index contributed by atoms with van der Waals surface area (Å²) in [6.45, 7) is 3.69. The minimum atomic E-state index is -0.580. The number of hydrogen-bond acceptors (Lipinski definition) is 4. The average Bonchev–Trinajstić information content (AvgIpc) is 2.34. The Morgan fingerprint density at radius 3 is 2.61 bits per heavy atom. The molecule has 0 radical (unpaired) electrons. The maximum Gasteiger partial charge on any atom is 0.328 e. The third kappa shape index (κ3) is 3.45. The molecule has 0 saturated heterocycles. The normalized spacial score (nSPS) is 11.8. The quantitative estimate of drug-likeness (QED) is 0.833. The van der Waals surface area contributed by atoms with Crippen LogP contribution in [0.25, 0.3) is 0 Å². The van der Waals surface area contributed by atoms with E-state index in [9.17, 15) is 9.18 Å². The molecule has 0 aliphatic rings.